The minimum atomic E-state index is -0.338. The maximum Gasteiger partial charge on any atom is 0.0898 e. The Balaban J connectivity index is 1.79. The lowest BCUT2D eigenvalue weighted by atomic mass is 9.86. The maximum atomic E-state index is 9.80. The van der Waals surface area contributed by atoms with Crippen molar-refractivity contribution in [2.75, 3.05) is 24.6 Å². The van der Waals surface area contributed by atoms with Crippen LogP contribution in [0.25, 0.3) is 0 Å². The van der Waals surface area contributed by atoms with Crippen LogP contribution in [-0.2, 0) is 0 Å². The van der Waals surface area contributed by atoms with Gasteiger partial charge in [0.25, 0.3) is 0 Å². The van der Waals surface area contributed by atoms with Crippen LogP contribution in [0.4, 0.5) is 0 Å². The summed E-state index contributed by atoms with van der Waals surface area (Å²) in [6.07, 6.45) is 2.33. The molecule has 0 radical (unpaired) electrons. The highest BCUT2D eigenvalue weighted by atomic mass is 32.2. The maximum absolute atomic E-state index is 9.80. The predicted molar refractivity (Wildman–Crippen MR) is 47.9 cm³/mol. The van der Waals surface area contributed by atoms with Crippen molar-refractivity contribution in [1.82, 2.24) is 5.32 Å². The minimum absolute atomic E-state index is 0.338. The molecule has 2 aliphatic heterocycles. The van der Waals surface area contributed by atoms with Crippen LogP contribution in [0, 0.1) is 5.92 Å². The molecule has 0 saturated carbocycles. The van der Waals surface area contributed by atoms with E-state index in [1.54, 1.807) is 0 Å². The van der Waals surface area contributed by atoms with Gasteiger partial charge in [0.05, 0.1) is 5.60 Å². The Kier molecular flexibility index (Phi) is 2.12. The van der Waals surface area contributed by atoms with Gasteiger partial charge in [-0.2, -0.15) is 11.8 Å². The Morgan fingerprint density at radius 2 is 2.36 bits per heavy atom. The molecular formula is C8H15NOS. The highest BCUT2D eigenvalue weighted by Crippen LogP contribution is 2.31. The zero-order valence-corrected chi connectivity index (χ0v) is 7.49. The minimum Gasteiger partial charge on any atom is -0.387 e. The Bertz CT molecular complexity index is 141. The van der Waals surface area contributed by atoms with E-state index >= 15 is 0 Å². The molecular weight excluding hydrogens is 158 g/mol. The van der Waals surface area contributed by atoms with Gasteiger partial charge in [-0.3, -0.25) is 0 Å². The van der Waals surface area contributed by atoms with Crippen LogP contribution in [0.15, 0.2) is 0 Å². The van der Waals surface area contributed by atoms with Crippen LogP contribution in [0.2, 0.25) is 0 Å². The molecule has 3 heteroatoms. The van der Waals surface area contributed by atoms with Crippen LogP contribution < -0.4 is 5.32 Å². The molecule has 0 spiro atoms. The van der Waals surface area contributed by atoms with E-state index in [1.165, 1.54) is 17.9 Å². The van der Waals surface area contributed by atoms with E-state index in [0.717, 1.165) is 25.4 Å². The number of rotatable bonds is 2. The van der Waals surface area contributed by atoms with E-state index in [4.69, 9.17) is 0 Å². The Morgan fingerprint density at radius 1 is 1.55 bits per heavy atom. The first kappa shape index (κ1) is 7.90. The van der Waals surface area contributed by atoms with Crippen molar-refractivity contribution in [3.05, 3.63) is 0 Å². The molecule has 2 aliphatic rings. The molecule has 2 saturated heterocycles. The Hall–Kier alpha value is 0.270. The molecule has 2 fully saturated rings. The number of aliphatic hydroxyl groups is 1. The van der Waals surface area contributed by atoms with Crippen molar-refractivity contribution >= 4 is 11.8 Å². The third-order valence-electron chi connectivity index (χ3n) is 2.60. The van der Waals surface area contributed by atoms with Gasteiger partial charge < -0.3 is 10.4 Å². The van der Waals surface area contributed by atoms with Crippen molar-refractivity contribution in [3.8, 4) is 0 Å². The van der Waals surface area contributed by atoms with Crippen molar-refractivity contribution in [1.29, 1.82) is 0 Å². The van der Waals surface area contributed by atoms with Gasteiger partial charge in [-0.25, -0.2) is 0 Å². The molecule has 0 amide bonds. The number of hydrogen-bond donors (Lipinski definition) is 2. The molecule has 2 nitrogen and oxygen atoms in total. The highest BCUT2D eigenvalue weighted by Gasteiger charge is 2.37. The quantitative estimate of drug-likeness (QED) is 0.636. The fraction of sp³-hybridized carbons (Fsp3) is 1.00. The van der Waals surface area contributed by atoms with Gasteiger partial charge >= 0.3 is 0 Å². The molecule has 0 aromatic carbocycles. The third-order valence-corrected chi connectivity index (χ3v) is 3.83. The van der Waals surface area contributed by atoms with E-state index in [9.17, 15) is 5.11 Å². The van der Waals surface area contributed by atoms with E-state index in [1.807, 2.05) is 11.8 Å². The summed E-state index contributed by atoms with van der Waals surface area (Å²) in [5, 5.41) is 12.9. The van der Waals surface area contributed by atoms with Crippen LogP contribution in [-0.4, -0.2) is 35.3 Å². The van der Waals surface area contributed by atoms with E-state index in [-0.39, 0.29) is 5.60 Å². The summed E-state index contributed by atoms with van der Waals surface area (Å²) in [6, 6.07) is 0. The second-order valence-corrected chi connectivity index (χ2v) is 4.91. The Labute approximate surface area is 71.7 Å². The van der Waals surface area contributed by atoms with Gasteiger partial charge in [0, 0.05) is 13.1 Å². The molecule has 0 aromatic heterocycles. The molecule has 0 aliphatic carbocycles. The lowest BCUT2D eigenvalue weighted by molar-refractivity contribution is -0.0278. The largest absolute Gasteiger partial charge is 0.387 e. The fourth-order valence-corrected chi connectivity index (χ4v) is 3.12. The summed E-state index contributed by atoms with van der Waals surface area (Å²) in [4.78, 5) is 0. The summed E-state index contributed by atoms with van der Waals surface area (Å²) in [7, 11) is 0. The smallest absolute Gasteiger partial charge is 0.0898 e. The van der Waals surface area contributed by atoms with Gasteiger partial charge in [0.2, 0.25) is 0 Å². The number of thioether (sulfide) groups is 1. The summed E-state index contributed by atoms with van der Waals surface area (Å²) in [5.41, 5.74) is -0.338. The number of nitrogens with one attached hydrogen (secondary N) is 1. The fourth-order valence-electron chi connectivity index (χ4n) is 1.84. The molecule has 2 rings (SSSR count). The van der Waals surface area contributed by atoms with Gasteiger partial charge in [-0.05, 0) is 30.3 Å². The normalized spacial score (nSPS) is 35.2. The summed E-state index contributed by atoms with van der Waals surface area (Å²) >= 11 is 2.03. The average molecular weight is 173 g/mol. The lowest BCUT2D eigenvalue weighted by Gasteiger charge is -2.39. The highest BCUT2D eigenvalue weighted by molar-refractivity contribution is 7.99. The van der Waals surface area contributed by atoms with Crippen molar-refractivity contribution in [2.24, 2.45) is 5.92 Å². The van der Waals surface area contributed by atoms with Gasteiger partial charge in [-0.15, -0.1) is 0 Å². The molecule has 11 heavy (non-hydrogen) atoms. The topological polar surface area (TPSA) is 32.3 Å². The van der Waals surface area contributed by atoms with E-state index in [2.05, 4.69) is 5.32 Å². The zero-order chi connectivity index (χ0) is 7.73. The molecule has 1 atom stereocenters. The molecule has 2 heterocycles. The summed E-state index contributed by atoms with van der Waals surface area (Å²) < 4.78 is 0. The standard InChI is InChI=1S/C8H15NOS/c10-8(5-9-6-8)3-7-1-2-11-4-7/h7,9-10H,1-6H2. The molecule has 64 valence electrons. The van der Waals surface area contributed by atoms with Crippen molar-refractivity contribution in [3.63, 3.8) is 0 Å². The molecule has 0 aromatic rings. The third kappa shape index (κ3) is 1.71. The number of β-amino-alcohol motifs (C(OH)–C–C–N with tert-alkyl or cyclic N) is 1. The Morgan fingerprint density at radius 3 is 2.82 bits per heavy atom. The van der Waals surface area contributed by atoms with Gasteiger partial charge in [-0.1, -0.05) is 0 Å². The van der Waals surface area contributed by atoms with Crippen LogP contribution in [0.5, 0.6) is 0 Å². The van der Waals surface area contributed by atoms with Gasteiger partial charge in [0.1, 0.15) is 0 Å². The lowest BCUT2D eigenvalue weighted by Crippen LogP contribution is -2.60. The van der Waals surface area contributed by atoms with E-state index < -0.39 is 0 Å². The monoisotopic (exact) mass is 173 g/mol. The predicted octanol–water partition coefficient (Wildman–Crippen LogP) is 0.464. The molecule has 1 unspecified atom stereocenters. The first-order chi connectivity index (χ1) is 5.29. The zero-order valence-electron chi connectivity index (χ0n) is 6.68. The van der Waals surface area contributed by atoms with Crippen LogP contribution in [0.1, 0.15) is 12.8 Å². The molecule has 2 N–H and O–H groups in total. The number of hydrogen-bond acceptors (Lipinski definition) is 3. The first-order valence-electron chi connectivity index (χ1n) is 4.29. The summed E-state index contributed by atoms with van der Waals surface area (Å²) in [6.45, 7) is 1.63. The first-order valence-corrected chi connectivity index (χ1v) is 5.45. The van der Waals surface area contributed by atoms with Crippen LogP contribution in [0.3, 0.4) is 0 Å². The van der Waals surface area contributed by atoms with Gasteiger partial charge in [0.15, 0.2) is 0 Å². The van der Waals surface area contributed by atoms with Crippen LogP contribution >= 0.6 is 11.8 Å². The van der Waals surface area contributed by atoms with Crippen molar-refractivity contribution < 1.29 is 5.11 Å². The van der Waals surface area contributed by atoms with Crippen molar-refractivity contribution in [2.45, 2.75) is 18.4 Å². The second-order valence-electron chi connectivity index (χ2n) is 3.76. The second kappa shape index (κ2) is 2.96. The SMILES string of the molecule is OC1(CC2CCSC2)CNC1. The van der Waals surface area contributed by atoms with E-state index in [0.29, 0.717) is 0 Å². The average Bonchev–Trinajstić information content (AvgIpc) is 2.36. The molecule has 0 bridgehead atoms. The summed E-state index contributed by atoms with van der Waals surface area (Å²) in [5.74, 6) is 3.35.